The van der Waals surface area contributed by atoms with Gasteiger partial charge in [-0.05, 0) is 24.5 Å². The maximum absolute atomic E-state index is 11.1. The molecule has 19 heavy (non-hydrogen) atoms. The van der Waals surface area contributed by atoms with Gasteiger partial charge in [0.05, 0.1) is 4.92 Å². The highest BCUT2D eigenvalue weighted by Crippen LogP contribution is 2.37. The van der Waals surface area contributed by atoms with Crippen LogP contribution >= 0.6 is 11.6 Å². The summed E-state index contributed by atoms with van der Waals surface area (Å²) in [6.45, 7) is 1.12. The molecule has 0 radical (unpaired) electrons. The van der Waals surface area contributed by atoms with E-state index in [1.54, 1.807) is 12.1 Å². The number of anilines is 1. The summed E-state index contributed by atoms with van der Waals surface area (Å²) in [4.78, 5) is 23.1. The third-order valence-corrected chi connectivity index (χ3v) is 3.54. The molecule has 1 unspecified atom stereocenters. The van der Waals surface area contributed by atoms with Gasteiger partial charge < -0.3 is 10.0 Å². The fraction of sp³-hybridized carbons (Fsp3) is 0.417. The molecule has 1 N–H and O–H groups in total. The van der Waals surface area contributed by atoms with Crippen LogP contribution in [-0.4, -0.2) is 29.1 Å². The number of nitrogens with zero attached hydrogens (tertiary/aromatic N) is 2. The summed E-state index contributed by atoms with van der Waals surface area (Å²) in [6.07, 6.45) is 0.806. The Balaban J connectivity index is 2.22. The van der Waals surface area contributed by atoms with Crippen molar-refractivity contribution in [1.82, 2.24) is 0 Å². The quantitative estimate of drug-likeness (QED) is 0.678. The van der Waals surface area contributed by atoms with Crippen LogP contribution in [0.2, 0.25) is 5.02 Å². The predicted molar refractivity (Wildman–Crippen MR) is 70.7 cm³/mol. The van der Waals surface area contributed by atoms with Crippen LogP contribution in [0, 0.1) is 16.0 Å². The summed E-state index contributed by atoms with van der Waals surface area (Å²) in [5.41, 5.74) is 0.352. The first-order valence-corrected chi connectivity index (χ1v) is 6.26. The van der Waals surface area contributed by atoms with E-state index in [9.17, 15) is 14.9 Å². The predicted octanol–water partition coefficient (Wildman–Crippen LogP) is 2.55. The SMILES string of the molecule is O=C(O)CC1CCN(c2cccc(Cl)c2[N+](=O)[O-])C1. The molecule has 1 atom stereocenters. The lowest BCUT2D eigenvalue weighted by Crippen LogP contribution is -2.21. The van der Waals surface area contributed by atoms with Crippen LogP contribution in [0.4, 0.5) is 11.4 Å². The van der Waals surface area contributed by atoms with Crippen LogP contribution in [0.25, 0.3) is 0 Å². The third kappa shape index (κ3) is 2.96. The number of benzene rings is 1. The standard InChI is InChI=1S/C12H13ClN2O4/c13-9-2-1-3-10(12(9)15(18)19)14-5-4-8(7-14)6-11(16)17/h1-3,8H,4-7H2,(H,16,17). The van der Waals surface area contributed by atoms with Crippen molar-refractivity contribution in [2.75, 3.05) is 18.0 Å². The van der Waals surface area contributed by atoms with E-state index in [0.29, 0.717) is 18.8 Å². The highest BCUT2D eigenvalue weighted by Gasteiger charge is 2.30. The van der Waals surface area contributed by atoms with Crippen molar-refractivity contribution in [1.29, 1.82) is 0 Å². The molecule has 1 aliphatic heterocycles. The normalized spacial score (nSPS) is 18.6. The second kappa shape index (κ2) is 5.44. The molecule has 0 aliphatic carbocycles. The van der Waals surface area contributed by atoms with E-state index in [2.05, 4.69) is 0 Å². The van der Waals surface area contributed by atoms with Gasteiger partial charge in [-0.2, -0.15) is 0 Å². The smallest absolute Gasteiger partial charge is 0.310 e. The average Bonchev–Trinajstić information content (AvgIpc) is 2.75. The number of hydrogen-bond acceptors (Lipinski definition) is 4. The molecule has 2 rings (SSSR count). The van der Waals surface area contributed by atoms with Crippen molar-refractivity contribution in [2.45, 2.75) is 12.8 Å². The molecular formula is C12H13ClN2O4. The summed E-state index contributed by atoms with van der Waals surface area (Å²) < 4.78 is 0. The number of rotatable bonds is 4. The third-order valence-electron chi connectivity index (χ3n) is 3.24. The molecule has 1 saturated heterocycles. The Morgan fingerprint density at radius 1 is 1.58 bits per heavy atom. The maximum Gasteiger partial charge on any atom is 0.310 e. The molecule has 1 aliphatic rings. The summed E-state index contributed by atoms with van der Waals surface area (Å²) in [5.74, 6) is -0.816. The van der Waals surface area contributed by atoms with E-state index in [-0.39, 0.29) is 23.0 Å². The topological polar surface area (TPSA) is 83.7 Å². The fourth-order valence-corrected chi connectivity index (χ4v) is 2.64. The molecule has 102 valence electrons. The van der Waals surface area contributed by atoms with E-state index in [0.717, 1.165) is 6.42 Å². The first-order chi connectivity index (χ1) is 8.99. The molecule has 1 aromatic carbocycles. The monoisotopic (exact) mass is 284 g/mol. The lowest BCUT2D eigenvalue weighted by atomic mass is 10.1. The van der Waals surface area contributed by atoms with Gasteiger partial charge in [0, 0.05) is 19.5 Å². The summed E-state index contributed by atoms with van der Waals surface area (Å²) >= 11 is 5.86. The number of nitro benzene ring substituents is 1. The minimum atomic E-state index is -0.840. The van der Waals surface area contributed by atoms with Crippen LogP contribution in [0.5, 0.6) is 0 Å². The second-order valence-corrected chi connectivity index (χ2v) is 4.97. The van der Waals surface area contributed by atoms with E-state index in [4.69, 9.17) is 16.7 Å². The first-order valence-electron chi connectivity index (χ1n) is 5.88. The van der Waals surface area contributed by atoms with Gasteiger partial charge in [-0.25, -0.2) is 0 Å². The van der Waals surface area contributed by atoms with Crippen molar-refractivity contribution < 1.29 is 14.8 Å². The lowest BCUT2D eigenvalue weighted by molar-refractivity contribution is -0.384. The number of aliphatic carboxylic acids is 1. The van der Waals surface area contributed by atoms with Gasteiger partial charge in [-0.15, -0.1) is 0 Å². The number of nitro groups is 1. The largest absolute Gasteiger partial charge is 0.481 e. The summed E-state index contributed by atoms with van der Waals surface area (Å²) in [5, 5.41) is 19.9. The molecule has 0 aromatic heterocycles. The lowest BCUT2D eigenvalue weighted by Gasteiger charge is -2.18. The van der Waals surface area contributed by atoms with Crippen LogP contribution in [-0.2, 0) is 4.79 Å². The Bertz CT molecular complexity index is 520. The van der Waals surface area contributed by atoms with Gasteiger partial charge >= 0.3 is 11.7 Å². The average molecular weight is 285 g/mol. The number of para-hydroxylation sites is 1. The van der Waals surface area contributed by atoms with E-state index in [1.165, 1.54) is 6.07 Å². The fourth-order valence-electron chi connectivity index (χ4n) is 2.40. The minimum Gasteiger partial charge on any atom is -0.481 e. The van der Waals surface area contributed by atoms with Crippen molar-refractivity contribution >= 4 is 28.9 Å². The maximum atomic E-state index is 11.1. The van der Waals surface area contributed by atoms with Crippen LogP contribution < -0.4 is 4.90 Å². The van der Waals surface area contributed by atoms with Gasteiger partial charge in [0.15, 0.2) is 0 Å². The number of halogens is 1. The highest BCUT2D eigenvalue weighted by atomic mass is 35.5. The zero-order valence-electron chi connectivity index (χ0n) is 10.1. The Morgan fingerprint density at radius 2 is 2.32 bits per heavy atom. The first kappa shape index (κ1) is 13.6. The van der Waals surface area contributed by atoms with E-state index < -0.39 is 10.9 Å². The Kier molecular flexibility index (Phi) is 3.90. The number of carbonyl (C=O) groups is 1. The molecule has 7 heteroatoms. The van der Waals surface area contributed by atoms with Crippen LogP contribution in [0.1, 0.15) is 12.8 Å². The summed E-state index contributed by atoms with van der Waals surface area (Å²) in [6, 6.07) is 4.79. The van der Waals surface area contributed by atoms with Crippen LogP contribution in [0.3, 0.4) is 0 Å². The van der Waals surface area contributed by atoms with Gasteiger partial charge in [0.2, 0.25) is 0 Å². The van der Waals surface area contributed by atoms with Crippen LogP contribution in [0.15, 0.2) is 18.2 Å². The minimum absolute atomic E-state index is 0.0242. The Hall–Kier alpha value is -1.82. The Morgan fingerprint density at radius 3 is 2.95 bits per heavy atom. The molecule has 0 spiro atoms. The number of hydrogen-bond donors (Lipinski definition) is 1. The summed E-state index contributed by atoms with van der Waals surface area (Å²) in [7, 11) is 0. The number of carboxylic acid groups (broad SMARTS) is 1. The van der Waals surface area contributed by atoms with Crippen molar-refractivity contribution in [3.63, 3.8) is 0 Å². The van der Waals surface area contributed by atoms with Crippen molar-refractivity contribution in [3.05, 3.63) is 33.3 Å². The zero-order valence-corrected chi connectivity index (χ0v) is 10.8. The highest BCUT2D eigenvalue weighted by molar-refractivity contribution is 6.33. The molecule has 1 fully saturated rings. The van der Waals surface area contributed by atoms with Crippen molar-refractivity contribution in [2.24, 2.45) is 5.92 Å². The Labute approximate surface area is 114 Å². The molecule has 6 nitrogen and oxygen atoms in total. The zero-order chi connectivity index (χ0) is 14.0. The van der Waals surface area contributed by atoms with Gasteiger partial charge in [-0.3, -0.25) is 14.9 Å². The molecule has 0 bridgehead atoms. The molecular weight excluding hydrogens is 272 g/mol. The van der Waals surface area contributed by atoms with Gasteiger partial charge in [-0.1, -0.05) is 17.7 Å². The molecule has 0 saturated carbocycles. The molecule has 1 aromatic rings. The van der Waals surface area contributed by atoms with E-state index in [1.807, 2.05) is 4.90 Å². The van der Waals surface area contributed by atoms with Gasteiger partial charge in [0.1, 0.15) is 10.7 Å². The second-order valence-electron chi connectivity index (χ2n) is 4.56. The van der Waals surface area contributed by atoms with Crippen molar-refractivity contribution in [3.8, 4) is 0 Å². The van der Waals surface area contributed by atoms with Gasteiger partial charge in [0.25, 0.3) is 0 Å². The molecule has 0 amide bonds. The number of carboxylic acids is 1. The molecule has 1 heterocycles. The van der Waals surface area contributed by atoms with E-state index >= 15 is 0 Å².